The minimum Gasteiger partial charge on any atom is -0.496 e. The summed E-state index contributed by atoms with van der Waals surface area (Å²) in [5.41, 5.74) is 2.08. The van der Waals surface area contributed by atoms with Gasteiger partial charge in [-0.1, -0.05) is 41.4 Å². The van der Waals surface area contributed by atoms with Crippen LogP contribution in [0, 0.1) is 0 Å². The number of para-hydroxylation sites is 1. The Bertz CT molecular complexity index is 835. The van der Waals surface area contributed by atoms with Crippen LogP contribution in [0.25, 0.3) is 10.4 Å². The Hall–Kier alpha value is -1.59. The van der Waals surface area contributed by atoms with E-state index in [-0.39, 0.29) is 0 Å². The second kappa shape index (κ2) is 7.99. The van der Waals surface area contributed by atoms with Crippen LogP contribution in [0.3, 0.4) is 0 Å². The van der Waals surface area contributed by atoms with E-state index in [1.807, 2.05) is 42.6 Å². The summed E-state index contributed by atoms with van der Waals surface area (Å²) in [6.07, 6.45) is 1.88. The van der Waals surface area contributed by atoms with Crippen molar-refractivity contribution in [1.82, 2.24) is 10.3 Å². The van der Waals surface area contributed by atoms with Crippen molar-refractivity contribution >= 4 is 34.5 Å². The lowest BCUT2D eigenvalue weighted by Gasteiger charge is -2.06. The number of nitrogens with zero attached hydrogens (tertiary/aromatic N) is 1. The van der Waals surface area contributed by atoms with E-state index in [2.05, 4.69) is 10.3 Å². The Kier molecular flexibility index (Phi) is 5.74. The van der Waals surface area contributed by atoms with E-state index in [9.17, 15) is 0 Å². The van der Waals surface area contributed by atoms with E-state index in [1.54, 1.807) is 24.5 Å². The predicted molar refractivity (Wildman–Crippen MR) is 101 cm³/mol. The normalized spacial score (nSPS) is 10.8. The third kappa shape index (κ3) is 4.08. The SMILES string of the molecule is COc1ccccc1-c1cnc(CNCc2ccc(Cl)cc2Cl)s1. The van der Waals surface area contributed by atoms with Crippen molar-refractivity contribution < 1.29 is 4.74 Å². The molecule has 0 aliphatic heterocycles. The van der Waals surface area contributed by atoms with Crippen molar-refractivity contribution in [2.45, 2.75) is 13.1 Å². The molecule has 3 nitrogen and oxygen atoms in total. The van der Waals surface area contributed by atoms with Crippen molar-refractivity contribution in [3.63, 3.8) is 0 Å². The quantitative estimate of drug-likeness (QED) is 0.621. The first kappa shape index (κ1) is 17.2. The monoisotopic (exact) mass is 378 g/mol. The molecule has 3 rings (SSSR count). The van der Waals surface area contributed by atoms with E-state index in [4.69, 9.17) is 27.9 Å². The van der Waals surface area contributed by atoms with E-state index in [0.717, 1.165) is 26.8 Å². The summed E-state index contributed by atoms with van der Waals surface area (Å²) in [6, 6.07) is 13.5. The van der Waals surface area contributed by atoms with Crippen LogP contribution in [0.15, 0.2) is 48.7 Å². The average molecular weight is 379 g/mol. The van der Waals surface area contributed by atoms with Crippen LogP contribution < -0.4 is 10.1 Å². The van der Waals surface area contributed by atoms with Gasteiger partial charge in [0.1, 0.15) is 10.8 Å². The zero-order valence-corrected chi connectivity index (χ0v) is 15.4. The zero-order valence-electron chi connectivity index (χ0n) is 13.1. The average Bonchev–Trinajstić information content (AvgIpc) is 3.05. The van der Waals surface area contributed by atoms with Gasteiger partial charge in [0.15, 0.2) is 0 Å². The van der Waals surface area contributed by atoms with E-state index in [0.29, 0.717) is 23.1 Å². The molecule has 0 fully saturated rings. The molecule has 0 amide bonds. The van der Waals surface area contributed by atoms with Gasteiger partial charge in [0, 0.05) is 34.9 Å². The maximum Gasteiger partial charge on any atom is 0.127 e. The fraction of sp³-hybridized carbons (Fsp3) is 0.167. The zero-order chi connectivity index (χ0) is 16.9. The molecule has 0 unspecified atom stereocenters. The highest BCUT2D eigenvalue weighted by Crippen LogP contribution is 2.33. The van der Waals surface area contributed by atoms with Crippen molar-refractivity contribution in [2.24, 2.45) is 0 Å². The van der Waals surface area contributed by atoms with Gasteiger partial charge in [-0.2, -0.15) is 0 Å². The number of halogens is 2. The van der Waals surface area contributed by atoms with E-state index < -0.39 is 0 Å². The van der Waals surface area contributed by atoms with Crippen molar-refractivity contribution in [3.05, 3.63) is 69.3 Å². The van der Waals surface area contributed by atoms with Gasteiger partial charge in [-0.05, 0) is 29.8 Å². The van der Waals surface area contributed by atoms with Gasteiger partial charge in [0.2, 0.25) is 0 Å². The van der Waals surface area contributed by atoms with Crippen molar-refractivity contribution in [2.75, 3.05) is 7.11 Å². The lowest BCUT2D eigenvalue weighted by atomic mass is 10.2. The Morgan fingerprint density at radius 2 is 1.96 bits per heavy atom. The Morgan fingerprint density at radius 1 is 1.12 bits per heavy atom. The number of thiazole rings is 1. The molecule has 0 spiro atoms. The summed E-state index contributed by atoms with van der Waals surface area (Å²) in [5.74, 6) is 0.855. The van der Waals surface area contributed by atoms with Crippen molar-refractivity contribution in [1.29, 1.82) is 0 Å². The highest BCUT2D eigenvalue weighted by atomic mass is 35.5. The first-order valence-corrected chi connectivity index (χ1v) is 8.97. The topological polar surface area (TPSA) is 34.1 Å². The van der Waals surface area contributed by atoms with Crippen LogP contribution in [0.4, 0.5) is 0 Å². The van der Waals surface area contributed by atoms with Gasteiger partial charge < -0.3 is 10.1 Å². The second-order valence-electron chi connectivity index (χ2n) is 5.16. The van der Waals surface area contributed by atoms with Gasteiger partial charge >= 0.3 is 0 Å². The van der Waals surface area contributed by atoms with Crippen LogP contribution >= 0.6 is 34.5 Å². The number of nitrogens with one attached hydrogen (secondary N) is 1. The molecule has 2 aromatic carbocycles. The molecule has 0 aliphatic carbocycles. The number of rotatable bonds is 6. The predicted octanol–water partition coefficient (Wildman–Crippen LogP) is 5.42. The molecule has 1 heterocycles. The molecule has 0 radical (unpaired) electrons. The molecule has 1 aromatic heterocycles. The number of benzene rings is 2. The van der Waals surface area contributed by atoms with Crippen LogP contribution in [0.1, 0.15) is 10.6 Å². The third-order valence-corrected chi connectivity index (χ3v) is 5.15. The molecule has 0 aliphatic rings. The van der Waals surface area contributed by atoms with E-state index >= 15 is 0 Å². The molecule has 1 N–H and O–H groups in total. The highest BCUT2D eigenvalue weighted by molar-refractivity contribution is 7.15. The molecule has 6 heteroatoms. The maximum absolute atomic E-state index is 6.18. The first-order chi connectivity index (χ1) is 11.7. The molecular formula is C18H16Cl2N2OS. The first-order valence-electron chi connectivity index (χ1n) is 7.40. The molecule has 24 heavy (non-hydrogen) atoms. The largest absolute Gasteiger partial charge is 0.496 e. The number of hydrogen-bond donors (Lipinski definition) is 1. The molecule has 0 bridgehead atoms. The summed E-state index contributed by atoms with van der Waals surface area (Å²) in [7, 11) is 1.68. The van der Waals surface area contributed by atoms with Gasteiger partial charge in [0.25, 0.3) is 0 Å². The minimum atomic E-state index is 0.644. The Morgan fingerprint density at radius 3 is 2.75 bits per heavy atom. The molecule has 124 valence electrons. The van der Waals surface area contributed by atoms with Gasteiger partial charge in [-0.3, -0.25) is 0 Å². The second-order valence-corrected chi connectivity index (χ2v) is 7.12. The van der Waals surface area contributed by atoms with Gasteiger partial charge in [-0.25, -0.2) is 4.98 Å². The highest BCUT2D eigenvalue weighted by Gasteiger charge is 2.09. The summed E-state index contributed by atoms with van der Waals surface area (Å²) >= 11 is 13.7. The number of methoxy groups -OCH3 is 1. The summed E-state index contributed by atoms with van der Waals surface area (Å²) < 4.78 is 5.41. The minimum absolute atomic E-state index is 0.644. The summed E-state index contributed by atoms with van der Waals surface area (Å²) in [4.78, 5) is 5.57. The molecule has 0 saturated carbocycles. The van der Waals surface area contributed by atoms with Crippen LogP contribution in [-0.2, 0) is 13.1 Å². The van der Waals surface area contributed by atoms with E-state index in [1.165, 1.54) is 0 Å². The lowest BCUT2D eigenvalue weighted by molar-refractivity contribution is 0.416. The standard InChI is InChI=1S/C18H16Cl2N2OS/c1-23-16-5-3-2-4-14(16)17-10-22-18(24-17)11-21-9-12-6-7-13(19)8-15(12)20/h2-8,10,21H,9,11H2,1H3. The van der Waals surface area contributed by atoms with Crippen LogP contribution in [0.5, 0.6) is 5.75 Å². The molecular weight excluding hydrogens is 363 g/mol. The summed E-state index contributed by atoms with van der Waals surface area (Å²) in [6.45, 7) is 1.35. The van der Waals surface area contributed by atoms with Crippen LogP contribution in [0.2, 0.25) is 10.0 Å². The fourth-order valence-electron chi connectivity index (χ4n) is 2.33. The summed E-state index contributed by atoms with van der Waals surface area (Å²) in [5, 5.41) is 5.69. The molecule has 0 atom stereocenters. The third-order valence-electron chi connectivity index (χ3n) is 3.53. The molecule has 0 saturated heterocycles. The number of ether oxygens (including phenoxy) is 1. The van der Waals surface area contributed by atoms with Crippen LogP contribution in [-0.4, -0.2) is 12.1 Å². The molecule has 3 aromatic rings. The Labute approximate surface area is 155 Å². The lowest BCUT2D eigenvalue weighted by Crippen LogP contribution is -2.12. The Balaban J connectivity index is 1.64. The maximum atomic E-state index is 6.18. The van der Waals surface area contributed by atoms with Gasteiger partial charge in [-0.15, -0.1) is 11.3 Å². The number of hydrogen-bond acceptors (Lipinski definition) is 4. The number of aromatic nitrogens is 1. The fourth-order valence-corrected chi connectivity index (χ4v) is 3.73. The van der Waals surface area contributed by atoms with Crippen molar-refractivity contribution in [3.8, 4) is 16.2 Å². The smallest absolute Gasteiger partial charge is 0.127 e. The van der Waals surface area contributed by atoms with Gasteiger partial charge in [0.05, 0.1) is 12.0 Å².